The maximum Gasteiger partial charge on any atom is 0.0925 e. The van der Waals surface area contributed by atoms with Crippen LogP contribution in [0.1, 0.15) is 31.3 Å². The van der Waals surface area contributed by atoms with Crippen LogP contribution in [0.5, 0.6) is 0 Å². The van der Waals surface area contributed by atoms with Crippen LogP contribution in [0, 0.1) is 6.92 Å². The van der Waals surface area contributed by atoms with E-state index in [0.29, 0.717) is 6.04 Å². The second-order valence-corrected chi connectivity index (χ2v) is 3.71. The molecule has 0 aliphatic rings. The van der Waals surface area contributed by atoms with E-state index in [0.717, 1.165) is 25.3 Å². The molecule has 1 atom stereocenters. The molecule has 15 heavy (non-hydrogen) atoms. The number of nitrogens with zero attached hydrogens (tertiary/aromatic N) is 2. The van der Waals surface area contributed by atoms with Crippen LogP contribution in [-0.4, -0.2) is 41.5 Å². The zero-order valence-corrected chi connectivity index (χ0v) is 10.2. The maximum absolute atomic E-state index is 4.41. The first-order valence-electron chi connectivity index (χ1n) is 5.63. The lowest BCUT2D eigenvalue weighted by atomic mass is 10.1. The van der Waals surface area contributed by atoms with Gasteiger partial charge in [-0.2, -0.15) is 0 Å². The number of hydrogen-bond donors (Lipinski definition) is 2. The minimum atomic E-state index is 0.372. The van der Waals surface area contributed by atoms with Gasteiger partial charge in [0, 0.05) is 12.2 Å². The van der Waals surface area contributed by atoms with Crippen LogP contribution >= 0.6 is 0 Å². The standard InChI is InChI=1S/C11H22N4/c1-5-15(6-2)10(7-12-4)11-9(3)13-8-14-11/h8,10,12H,5-7H2,1-4H3,(H,13,14). The van der Waals surface area contributed by atoms with Crippen LogP contribution in [0.4, 0.5) is 0 Å². The van der Waals surface area contributed by atoms with Crippen molar-refractivity contribution in [3.05, 3.63) is 17.7 Å². The average molecular weight is 210 g/mol. The van der Waals surface area contributed by atoms with E-state index in [4.69, 9.17) is 0 Å². The van der Waals surface area contributed by atoms with Crippen LogP contribution in [-0.2, 0) is 0 Å². The summed E-state index contributed by atoms with van der Waals surface area (Å²) in [7, 11) is 1.98. The van der Waals surface area contributed by atoms with Gasteiger partial charge >= 0.3 is 0 Å². The van der Waals surface area contributed by atoms with E-state index in [-0.39, 0.29) is 0 Å². The molecule has 0 amide bonds. The number of aromatic nitrogens is 2. The summed E-state index contributed by atoms with van der Waals surface area (Å²) in [5.41, 5.74) is 2.33. The van der Waals surface area contributed by atoms with Crippen LogP contribution in [0.15, 0.2) is 6.33 Å². The molecule has 0 spiro atoms. The van der Waals surface area contributed by atoms with Crippen LogP contribution in [0.2, 0.25) is 0 Å². The summed E-state index contributed by atoms with van der Waals surface area (Å²) in [6.45, 7) is 9.49. The van der Waals surface area contributed by atoms with Crippen molar-refractivity contribution in [2.75, 3.05) is 26.7 Å². The largest absolute Gasteiger partial charge is 0.348 e. The SMILES string of the molecule is CCN(CC)C(CNC)c1nc[nH]c1C. The first-order chi connectivity index (χ1) is 7.24. The number of nitrogens with one attached hydrogen (secondary N) is 2. The van der Waals surface area contributed by atoms with Gasteiger partial charge in [0.2, 0.25) is 0 Å². The molecule has 0 fully saturated rings. The molecule has 1 aromatic heterocycles. The molecular formula is C11H22N4. The van der Waals surface area contributed by atoms with Crippen LogP contribution in [0.25, 0.3) is 0 Å². The molecular weight excluding hydrogens is 188 g/mol. The van der Waals surface area contributed by atoms with E-state index >= 15 is 0 Å². The number of rotatable bonds is 6. The Morgan fingerprint density at radius 3 is 2.53 bits per heavy atom. The smallest absolute Gasteiger partial charge is 0.0925 e. The number of hydrogen-bond acceptors (Lipinski definition) is 3. The first-order valence-corrected chi connectivity index (χ1v) is 5.63. The highest BCUT2D eigenvalue weighted by atomic mass is 15.2. The molecule has 0 aromatic carbocycles. The molecule has 0 aliphatic heterocycles. The molecule has 4 heteroatoms. The molecule has 0 radical (unpaired) electrons. The van der Waals surface area contributed by atoms with Crippen molar-refractivity contribution in [2.24, 2.45) is 0 Å². The molecule has 1 unspecified atom stereocenters. The minimum Gasteiger partial charge on any atom is -0.348 e. The number of aryl methyl sites for hydroxylation is 1. The average Bonchev–Trinajstić information content (AvgIpc) is 2.65. The molecule has 0 saturated carbocycles. The predicted octanol–water partition coefficient (Wildman–Crippen LogP) is 1.32. The summed E-state index contributed by atoms with van der Waals surface area (Å²) in [5.74, 6) is 0. The fourth-order valence-electron chi connectivity index (χ4n) is 1.96. The van der Waals surface area contributed by atoms with Gasteiger partial charge in [-0.15, -0.1) is 0 Å². The Labute approximate surface area is 92.1 Å². The van der Waals surface area contributed by atoms with Gasteiger partial charge in [-0.05, 0) is 27.1 Å². The van der Waals surface area contributed by atoms with Gasteiger partial charge in [0.05, 0.1) is 18.1 Å². The Morgan fingerprint density at radius 2 is 2.13 bits per heavy atom. The van der Waals surface area contributed by atoms with E-state index < -0.39 is 0 Å². The molecule has 0 aliphatic carbocycles. The molecule has 86 valence electrons. The monoisotopic (exact) mass is 210 g/mol. The number of aromatic amines is 1. The Bertz CT molecular complexity index is 278. The summed E-state index contributed by atoms with van der Waals surface area (Å²) in [6, 6.07) is 0.372. The van der Waals surface area contributed by atoms with Gasteiger partial charge in [0.25, 0.3) is 0 Å². The molecule has 4 nitrogen and oxygen atoms in total. The molecule has 2 N–H and O–H groups in total. The Morgan fingerprint density at radius 1 is 1.47 bits per heavy atom. The van der Waals surface area contributed by atoms with Crippen LogP contribution in [0.3, 0.4) is 0 Å². The number of imidazole rings is 1. The fraction of sp³-hybridized carbons (Fsp3) is 0.727. The van der Waals surface area contributed by atoms with Gasteiger partial charge in [-0.3, -0.25) is 4.90 Å². The lowest BCUT2D eigenvalue weighted by molar-refractivity contribution is 0.212. The van der Waals surface area contributed by atoms with E-state index in [1.807, 2.05) is 7.05 Å². The summed E-state index contributed by atoms with van der Waals surface area (Å²) in [5, 5.41) is 3.24. The van der Waals surface area contributed by atoms with Crippen molar-refractivity contribution in [3.63, 3.8) is 0 Å². The van der Waals surface area contributed by atoms with Crippen molar-refractivity contribution < 1.29 is 0 Å². The third kappa shape index (κ3) is 2.79. The minimum absolute atomic E-state index is 0.372. The molecule has 1 aromatic rings. The molecule has 0 bridgehead atoms. The van der Waals surface area contributed by atoms with Crippen molar-refractivity contribution in [1.29, 1.82) is 0 Å². The zero-order valence-electron chi connectivity index (χ0n) is 10.2. The fourth-order valence-corrected chi connectivity index (χ4v) is 1.96. The second-order valence-electron chi connectivity index (χ2n) is 3.71. The highest BCUT2D eigenvalue weighted by Crippen LogP contribution is 2.19. The Balaban J connectivity index is 2.86. The summed E-state index contributed by atoms with van der Waals surface area (Å²) in [6.07, 6.45) is 1.77. The third-order valence-corrected chi connectivity index (χ3v) is 2.84. The second kappa shape index (κ2) is 5.88. The van der Waals surface area contributed by atoms with E-state index in [1.165, 1.54) is 5.69 Å². The summed E-state index contributed by atoms with van der Waals surface area (Å²) >= 11 is 0. The Kier molecular flexibility index (Phi) is 4.78. The van der Waals surface area contributed by atoms with Gasteiger partial charge in [0.15, 0.2) is 0 Å². The summed E-state index contributed by atoms with van der Waals surface area (Å²) in [4.78, 5) is 9.98. The van der Waals surface area contributed by atoms with Crippen molar-refractivity contribution in [1.82, 2.24) is 20.2 Å². The quantitative estimate of drug-likeness (QED) is 0.744. The highest BCUT2D eigenvalue weighted by Gasteiger charge is 2.20. The predicted molar refractivity (Wildman–Crippen MR) is 62.9 cm³/mol. The number of likely N-dealkylation sites (N-methyl/N-ethyl adjacent to an activating group) is 2. The maximum atomic E-state index is 4.41. The van der Waals surface area contributed by atoms with Crippen molar-refractivity contribution in [3.8, 4) is 0 Å². The first kappa shape index (κ1) is 12.2. The van der Waals surface area contributed by atoms with Crippen molar-refractivity contribution >= 4 is 0 Å². The Hall–Kier alpha value is -0.870. The van der Waals surface area contributed by atoms with Gasteiger partial charge in [0.1, 0.15) is 0 Å². The highest BCUT2D eigenvalue weighted by molar-refractivity contribution is 5.14. The third-order valence-electron chi connectivity index (χ3n) is 2.84. The van der Waals surface area contributed by atoms with Gasteiger partial charge in [-0.25, -0.2) is 4.98 Å². The van der Waals surface area contributed by atoms with Crippen LogP contribution < -0.4 is 5.32 Å². The van der Waals surface area contributed by atoms with E-state index in [1.54, 1.807) is 6.33 Å². The molecule has 0 saturated heterocycles. The van der Waals surface area contributed by atoms with E-state index in [9.17, 15) is 0 Å². The van der Waals surface area contributed by atoms with Crippen molar-refractivity contribution in [2.45, 2.75) is 26.8 Å². The molecule has 1 rings (SSSR count). The topological polar surface area (TPSA) is 44.0 Å². The van der Waals surface area contributed by atoms with Gasteiger partial charge in [-0.1, -0.05) is 13.8 Å². The lowest BCUT2D eigenvalue weighted by Gasteiger charge is -2.28. The summed E-state index contributed by atoms with van der Waals surface area (Å²) < 4.78 is 0. The van der Waals surface area contributed by atoms with E-state index in [2.05, 4.69) is 41.0 Å². The normalized spacial score (nSPS) is 13.4. The lowest BCUT2D eigenvalue weighted by Crippen LogP contribution is -2.35. The number of H-pyrrole nitrogens is 1. The van der Waals surface area contributed by atoms with Gasteiger partial charge < -0.3 is 10.3 Å². The molecule has 1 heterocycles. The zero-order chi connectivity index (χ0) is 11.3.